The van der Waals surface area contributed by atoms with Gasteiger partial charge >= 0.3 is 0 Å². The van der Waals surface area contributed by atoms with Crippen LogP contribution in [0.25, 0.3) is 10.8 Å². The first-order valence-corrected chi connectivity index (χ1v) is 10.5. The van der Waals surface area contributed by atoms with E-state index in [2.05, 4.69) is 4.72 Å². The number of benzene rings is 3. The van der Waals surface area contributed by atoms with Crippen LogP contribution < -0.4 is 4.72 Å². The summed E-state index contributed by atoms with van der Waals surface area (Å²) in [5, 5.41) is 12.4. The number of hydrogen-bond donors (Lipinski definition) is 2. The lowest BCUT2D eigenvalue weighted by molar-refractivity contribution is 0.183. The van der Waals surface area contributed by atoms with Crippen molar-refractivity contribution in [2.24, 2.45) is 0 Å². The number of nitrogens with one attached hydrogen (secondary N) is 1. The predicted molar refractivity (Wildman–Crippen MR) is 102 cm³/mol. The average Bonchev–Trinajstić information content (AvgIpc) is 2.65. The predicted octanol–water partition coefficient (Wildman–Crippen LogP) is 3.57. The van der Waals surface area contributed by atoms with Gasteiger partial charge in [-0.15, -0.1) is 11.8 Å². The fourth-order valence-electron chi connectivity index (χ4n) is 2.76. The summed E-state index contributed by atoms with van der Waals surface area (Å²) in [7, 11) is -3.69. The normalized spacial score (nSPS) is 13.0. The van der Waals surface area contributed by atoms with Crippen LogP contribution in [0.5, 0.6) is 0 Å². The summed E-state index contributed by atoms with van der Waals surface area (Å²) < 4.78 is 27.7. The van der Waals surface area contributed by atoms with Crippen molar-refractivity contribution in [3.8, 4) is 0 Å². The van der Waals surface area contributed by atoms with Crippen LogP contribution in [0.1, 0.15) is 11.7 Å². The zero-order valence-corrected chi connectivity index (χ0v) is 15.3. The molecule has 3 aromatic rings. The van der Waals surface area contributed by atoms with Crippen molar-refractivity contribution in [1.29, 1.82) is 0 Å². The van der Waals surface area contributed by atoms with E-state index in [9.17, 15) is 13.5 Å². The SMILES string of the molecule is CSc1ccccc1S(=O)(=O)NCC(O)c1cccc2ccccc12. The Bertz CT molecular complexity index is 981. The first-order chi connectivity index (χ1) is 12.0. The Morgan fingerprint density at radius 1 is 1.00 bits per heavy atom. The number of sulfonamides is 1. The van der Waals surface area contributed by atoms with E-state index in [0.29, 0.717) is 10.5 Å². The molecule has 2 N–H and O–H groups in total. The maximum atomic E-state index is 12.6. The van der Waals surface area contributed by atoms with Crippen molar-refractivity contribution >= 4 is 32.6 Å². The summed E-state index contributed by atoms with van der Waals surface area (Å²) in [6, 6.07) is 20.2. The minimum Gasteiger partial charge on any atom is -0.387 e. The van der Waals surface area contributed by atoms with Crippen molar-refractivity contribution < 1.29 is 13.5 Å². The highest BCUT2D eigenvalue weighted by atomic mass is 32.2. The molecule has 25 heavy (non-hydrogen) atoms. The molecule has 0 heterocycles. The molecule has 3 aromatic carbocycles. The quantitative estimate of drug-likeness (QED) is 0.648. The molecule has 0 aliphatic rings. The van der Waals surface area contributed by atoms with E-state index in [1.165, 1.54) is 11.8 Å². The van der Waals surface area contributed by atoms with Crippen molar-refractivity contribution in [2.45, 2.75) is 15.9 Å². The van der Waals surface area contributed by atoms with Gasteiger partial charge in [0.15, 0.2) is 0 Å². The fraction of sp³-hybridized carbons (Fsp3) is 0.158. The van der Waals surface area contributed by atoms with Crippen molar-refractivity contribution in [3.05, 3.63) is 72.3 Å². The van der Waals surface area contributed by atoms with E-state index >= 15 is 0 Å². The zero-order valence-electron chi connectivity index (χ0n) is 13.7. The topological polar surface area (TPSA) is 66.4 Å². The number of rotatable bonds is 6. The summed E-state index contributed by atoms with van der Waals surface area (Å²) in [5.74, 6) is 0. The number of aliphatic hydroxyl groups is 1. The molecule has 0 aliphatic heterocycles. The Hall–Kier alpha value is -1.86. The van der Waals surface area contributed by atoms with E-state index in [4.69, 9.17) is 0 Å². The summed E-state index contributed by atoms with van der Waals surface area (Å²) in [5.41, 5.74) is 0.707. The average molecular weight is 373 g/mol. The fourth-order valence-corrected chi connectivity index (χ4v) is 4.94. The van der Waals surface area contributed by atoms with Crippen LogP contribution in [0.2, 0.25) is 0 Å². The Morgan fingerprint density at radius 3 is 2.48 bits per heavy atom. The van der Waals surface area contributed by atoms with Gasteiger partial charge in [0.05, 0.1) is 11.0 Å². The molecule has 0 aliphatic carbocycles. The monoisotopic (exact) mass is 373 g/mol. The van der Waals surface area contributed by atoms with Crippen molar-refractivity contribution in [1.82, 2.24) is 4.72 Å². The first-order valence-electron chi connectivity index (χ1n) is 7.81. The van der Waals surface area contributed by atoms with E-state index < -0.39 is 16.1 Å². The Morgan fingerprint density at radius 2 is 1.68 bits per heavy atom. The molecule has 130 valence electrons. The van der Waals surface area contributed by atoms with E-state index in [1.807, 2.05) is 48.7 Å². The minimum atomic E-state index is -3.69. The van der Waals surface area contributed by atoms with E-state index in [1.54, 1.807) is 24.3 Å². The second kappa shape index (κ2) is 7.58. The molecule has 1 unspecified atom stereocenters. The van der Waals surface area contributed by atoms with Crippen molar-refractivity contribution in [3.63, 3.8) is 0 Å². The van der Waals surface area contributed by atoms with Crippen LogP contribution in [0.3, 0.4) is 0 Å². The van der Waals surface area contributed by atoms with Gasteiger partial charge in [0.2, 0.25) is 10.0 Å². The lowest BCUT2D eigenvalue weighted by atomic mass is 10.0. The number of aliphatic hydroxyl groups excluding tert-OH is 1. The van der Waals surface area contributed by atoms with Crippen LogP contribution in [0.4, 0.5) is 0 Å². The zero-order chi connectivity index (χ0) is 17.9. The third kappa shape index (κ3) is 3.88. The molecule has 0 spiro atoms. The highest BCUT2D eigenvalue weighted by Crippen LogP contribution is 2.26. The first kappa shape index (κ1) is 17.9. The Balaban J connectivity index is 1.83. The standard InChI is InChI=1S/C19H19NO3S2/c1-24-18-11-4-5-12-19(18)25(22,23)20-13-17(21)16-10-6-8-14-7-2-3-9-15(14)16/h2-12,17,20-21H,13H2,1H3. The van der Waals surface area contributed by atoms with E-state index in [0.717, 1.165) is 10.8 Å². The smallest absolute Gasteiger partial charge is 0.241 e. The molecule has 0 bridgehead atoms. The van der Waals surface area contributed by atoms with Gasteiger partial charge in [0, 0.05) is 11.4 Å². The third-order valence-electron chi connectivity index (χ3n) is 4.01. The van der Waals surface area contributed by atoms with Gasteiger partial charge in [-0.1, -0.05) is 54.6 Å². The van der Waals surface area contributed by atoms with Crippen LogP contribution in [-0.2, 0) is 10.0 Å². The van der Waals surface area contributed by atoms with Gasteiger partial charge in [-0.3, -0.25) is 0 Å². The lowest BCUT2D eigenvalue weighted by Gasteiger charge is -2.16. The highest BCUT2D eigenvalue weighted by molar-refractivity contribution is 7.99. The molecule has 0 amide bonds. The molecule has 0 aromatic heterocycles. The Kier molecular flexibility index (Phi) is 5.44. The van der Waals surface area contributed by atoms with Gasteiger partial charge in [-0.25, -0.2) is 13.1 Å². The van der Waals surface area contributed by atoms with Gasteiger partial charge in [0.25, 0.3) is 0 Å². The minimum absolute atomic E-state index is 0.0843. The molecule has 0 saturated carbocycles. The lowest BCUT2D eigenvalue weighted by Crippen LogP contribution is -2.29. The number of thioether (sulfide) groups is 1. The third-order valence-corrected chi connectivity index (χ3v) is 6.41. The summed E-state index contributed by atoms with van der Waals surface area (Å²) >= 11 is 1.37. The maximum absolute atomic E-state index is 12.6. The Labute approximate surface area is 151 Å². The number of hydrogen-bond acceptors (Lipinski definition) is 4. The highest BCUT2D eigenvalue weighted by Gasteiger charge is 2.20. The van der Waals surface area contributed by atoms with Gasteiger partial charge in [-0.05, 0) is 34.7 Å². The molecule has 4 nitrogen and oxygen atoms in total. The molecule has 0 saturated heterocycles. The molecule has 6 heteroatoms. The van der Waals surface area contributed by atoms with Crippen LogP contribution in [-0.4, -0.2) is 26.3 Å². The van der Waals surface area contributed by atoms with E-state index in [-0.39, 0.29) is 11.4 Å². The maximum Gasteiger partial charge on any atom is 0.241 e. The molecular formula is C19H19NO3S2. The summed E-state index contributed by atoms with van der Waals surface area (Å²) in [6.07, 6.45) is 0.904. The molecule has 3 rings (SSSR count). The van der Waals surface area contributed by atoms with Crippen LogP contribution in [0.15, 0.2) is 76.5 Å². The van der Waals surface area contributed by atoms with Gasteiger partial charge in [-0.2, -0.15) is 0 Å². The number of fused-ring (bicyclic) bond motifs is 1. The largest absolute Gasteiger partial charge is 0.387 e. The molecule has 0 fully saturated rings. The molecule has 1 atom stereocenters. The summed E-state index contributed by atoms with van der Waals surface area (Å²) in [4.78, 5) is 0.905. The molecule has 0 radical (unpaired) electrons. The van der Waals surface area contributed by atoms with Gasteiger partial charge < -0.3 is 5.11 Å². The second-order valence-corrected chi connectivity index (χ2v) is 8.17. The summed E-state index contributed by atoms with van der Waals surface area (Å²) in [6.45, 7) is -0.0843. The second-order valence-electron chi connectivity index (χ2n) is 5.59. The van der Waals surface area contributed by atoms with Crippen molar-refractivity contribution in [2.75, 3.05) is 12.8 Å². The van der Waals surface area contributed by atoms with Crippen LogP contribution >= 0.6 is 11.8 Å². The van der Waals surface area contributed by atoms with Gasteiger partial charge in [0.1, 0.15) is 0 Å². The molecular weight excluding hydrogens is 354 g/mol. The van der Waals surface area contributed by atoms with Crippen LogP contribution in [0, 0.1) is 0 Å².